The van der Waals surface area contributed by atoms with E-state index in [9.17, 15) is 19.5 Å². The van der Waals surface area contributed by atoms with Crippen LogP contribution in [0.25, 0.3) is 0 Å². The summed E-state index contributed by atoms with van der Waals surface area (Å²) in [7, 11) is 0. The molecule has 1 aliphatic rings. The van der Waals surface area contributed by atoms with Gasteiger partial charge in [0, 0.05) is 0 Å². The lowest BCUT2D eigenvalue weighted by Gasteiger charge is -2.46. The lowest BCUT2D eigenvalue weighted by atomic mass is 9.99. The maximum atomic E-state index is 12.1. The average molecular weight is 353 g/mol. The number of carboxylic acids is 1. The summed E-state index contributed by atoms with van der Waals surface area (Å²) in [5.74, 6) is -1.80. The summed E-state index contributed by atoms with van der Waals surface area (Å²) in [5, 5.41) is 11.6. The minimum Gasteiger partial charge on any atom is -0.484 e. The molecule has 0 spiro atoms. The van der Waals surface area contributed by atoms with Gasteiger partial charge in [-0.25, -0.2) is 4.79 Å². The Kier molecular flexibility index (Phi) is 5.46. The monoisotopic (exact) mass is 352 g/mol. The molecule has 1 aromatic carbocycles. The van der Waals surface area contributed by atoms with Crippen LogP contribution in [0.5, 0.6) is 5.75 Å². The number of amides is 2. The molecule has 2 amide bonds. The summed E-state index contributed by atoms with van der Waals surface area (Å²) in [6, 6.07) is 6.52. The van der Waals surface area contributed by atoms with Gasteiger partial charge in [0.05, 0.1) is 0 Å². The molecule has 8 heteroatoms. The number of ether oxygens (including phenoxy) is 1. The molecule has 2 rings (SSSR count). The van der Waals surface area contributed by atoms with Crippen LogP contribution < -0.4 is 10.1 Å². The van der Waals surface area contributed by atoms with E-state index in [1.165, 1.54) is 6.92 Å². The van der Waals surface area contributed by atoms with Gasteiger partial charge < -0.3 is 20.1 Å². The first-order chi connectivity index (χ1) is 11.3. The fraction of sp³-hybridized carbons (Fsp3) is 0.312. The number of aliphatic carboxylic acids is 1. The molecule has 1 saturated heterocycles. The zero-order valence-electron chi connectivity index (χ0n) is 12.9. The molecular formula is C16H17ClN2O5. The van der Waals surface area contributed by atoms with Crippen molar-refractivity contribution in [3.63, 3.8) is 0 Å². The summed E-state index contributed by atoms with van der Waals surface area (Å²) < 4.78 is 5.27. The van der Waals surface area contributed by atoms with Crippen molar-refractivity contribution in [1.29, 1.82) is 0 Å². The highest BCUT2D eigenvalue weighted by Crippen LogP contribution is 2.29. The first-order valence-electron chi connectivity index (χ1n) is 7.14. The van der Waals surface area contributed by atoms with Crippen molar-refractivity contribution in [3.8, 4) is 5.75 Å². The SMILES string of the molecule is C=C(C)C(C(=O)O)N1C(=O)C(NC(=O)COc2ccccc2)C1Cl. The van der Waals surface area contributed by atoms with E-state index in [4.69, 9.17) is 16.3 Å². The summed E-state index contributed by atoms with van der Waals surface area (Å²) in [6.07, 6.45) is 0. The second-order valence-electron chi connectivity index (χ2n) is 5.35. The molecule has 1 aliphatic heterocycles. The second-order valence-corrected chi connectivity index (χ2v) is 5.80. The fourth-order valence-corrected chi connectivity index (χ4v) is 2.71. The lowest BCUT2D eigenvalue weighted by Crippen LogP contribution is -2.72. The van der Waals surface area contributed by atoms with Crippen LogP contribution in [0, 0.1) is 0 Å². The van der Waals surface area contributed by atoms with E-state index in [1.807, 2.05) is 6.07 Å². The molecule has 0 radical (unpaired) electrons. The Morgan fingerprint density at radius 2 is 2.04 bits per heavy atom. The molecule has 3 unspecified atom stereocenters. The number of carbonyl (C=O) groups is 3. The van der Waals surface area contributed by atoms with Gasteiger partial charge in [0.25, 0.3) is 11.8 Å². The van der Waals surface area contributed by atoms with Gasteiger partial charge in [-0.05, 0) is 24.6 Å². The van der Waals surface area contributed by atoms with Crippen molar-refractivity contribution in [3.05, 3.63) is 42.5 Å². The molecule has 128 valence electrons. The minimum absolute atomic E-state index is 0.277. The molecule has 3 atom stereocenters. The third-order valence-electron chi connectivity index (χ3n) is 3.47. The molecule has 24 heavy (non-hydrogen) atoms. The van der Waals surface area contributed by atoms with Gasteiger partial charge in [0.15, 0.2) is 12.6 Å². The lowest BCUT2D eigenvalue weighted by molar-refractivity contribution is -0.160. The van der Waals surface area contributed by atoms with E-state index in [2.05, 4.69) is 11.9 Å². The van der Waals surface area contributed by atoms with Gasteiger partial charge >= 0.3 is 5.97 Å². The number of halogens is 1. The van der Waals surface area contributed by atoms with Gasteiger partial charge in [0.2, 0.25) is 0 Å². The Labute approximate surface area is 143 Å². The predicted octanol–water partition coefficient (Wildman–Crippen LogP) is 0.987. The first kappa shape index (κ1) is 17.8. The van der Waals surface area contributed by atoms with E-state index in [1.54, 1.807) is 24.3 Å². The topological polar surface area (TPSA) is 95.9 Å². The zero-order chi connectivity index (χ0) is 17.9. The predicted molar refractivity (Wildman–Crippen MR) is 86.6 cm³/mol. The fourth-order valence-electron chi connectivity index (χ4n) is 2.33. The number of hydrogen-bond donors (Lipinski definition) is 2. The van der Waals surface area contributed by atoms with Crippen LogP contribution >= 0.6 is 11.6 Å². The highest BCUT2D eigenvalue weighted by molar-refractivity contribution is 6.27. The van der Waals surface area contributed by atoms with E-state index >= 15 is 0 Å². The molecule has 0 bridgehead atoms. The van der Waals surface area contributed by atoms with Gasteiger partial charge in [-0.3, -0.25) is 9.59 Å². The molecule has 1 fully saturated rings. The van der Waals surface area contributed by atoms with E-state index in [0.717, 1.165) is 4.90 Å². The van der Waals surface area contributed by atoms with Gasteiger partial charge in [-0.1, -0.05) is 36.4 Å². The number of β-lactam (4-membered cyclic amide) rings is 1. The van der Waals surface area contributed by atoms with Crippen molar-refractivity contribution in [2.45, 2.75) is 24.5 Å². The number of para-hydroxylation sites is 1. The smallest absolute Gasteiger partial charge is 0.330 e. The second kappa shape index (κ2) is 7.35. The van der Waals surface area contributed by atoms with Crippen LogP contribution in [0.4, 0.5) is 0 Å². The summed E-state index contributed by atoms with van der Waals surface area (Å²) in [6.45, 7) is 4.77. The normalized spacial score (nSPS) is 20.8. The number of likely N-dealkylation sites (tertiary alicyclic amines) is 1. The van der Waals surface area contributed by atoms with E-state index in [-0.39, 0.29) is 12.2 Å². The quantitative estimate of drug-likeness (QED) is 0.330. The van der Waals surface area contributed by atoms with Crippen LogP contribution in [-0.4, -0.2) is 52.0 Å². The Morgan fingerprint density at radius 3 is 2.54 bits per heavy atom. The summed E-state index contributed by atoms with van der Waals surface area (Å²) in [4.78, 5) is 36.2. The van der Waals surface area contributed by atoms with Crippen molar-refractivity contribution in [2.24, 2.45) is 0 Å². The highest BCUT2D eigenvalue weighted by atomic mass is 35.5. The maximum Gasteiger partial charge on any atom is 0.330 e. The van der Waals surface area contributed by atoms with E-state index in [0.29, 0.717) is 5.75 Å². The number of hydrogen-bond acceptors (Lipinski definition) is 4. The standard InChI is InChI=1S/C16H17ClN2O5/c1-9(2)13(16(22)23)19-14(17)12(15(19)21)18-11(20)8-24-10-6-4-3-5-7-10/h3-7,12-14H,1,8H2,2H3,(H,18,20)(H,22,23). The maximum absolute atomic E-state index is 12.1. The van der Waals surface area contributed by atoms with Gasteiger partial charge in [-0.2, -0.15) is 0 Å². The van der Waals surface area contributed by atoms with Gasteiger partial charge in [-0.15, -0.1) is 0 Å². The van der Waals surface area contributed by atoms with Crippen molar-refractivity contribution >= 4 is 29.4 Å². The number of alkyl halides is 1. The third-order valence-corrected chi connectivity index (χ3v) is 3.93. The molecule has 0 saturated carbocycles. The number of carbonyl (C=O) groups excluding carboxylic acids is 2. The number of carboxylic acid groups (broad SMARTS) is 1. The number of rotatable bonds is 7. The molecule has 7 nitrogen and oxygen atoms in total. The van der Waals surface area contributed by atoms with Crippen molar-refractivity contribution < 1.29 is 24.2 Å². The Balaban J connectivity index is 1.90. The number of nitrogens with one attached hydrogen (secondary N) is 1. The van der Waals surface area contributed by atoms with Crippen LogP contribution in [0.1, 0.15) is 6.92 Å². The first-order valence-corrected chi connectivity index (χ1v) is 7.58. The Morgan fingerprint density at radius 1 is 1.42 bits per heavy atom. The molecule has 0 aromatic heterocycles. The molecule has 2 N–H and O–H groups in total. The van der Waals surface area contributed by atoms with E-state index < -0.39 is 35.4 Å². The van der Waals surface area contributed by atoms with Crippen molar-refractivity contribution in [2.75, 3.05) is 6.61 Å². The molecular weight excluding hydrogens is 336 g/mol. The van der Waals surface area contributed by atoms with Crippen LogP contribution in [-0.2, 0) is 14.4 Å². The highest BCUT2D eigenvalue weighted by Gasteiger charge is 2.52. The number of benzene rings is 1. The molecule has 0 aliphatic carbocycles. The van der Waals surface area contributed by atoms with Crippen LogP contribution in [0.2, 0.25) is 0 Å². The summed E-state index contributed by atoms with van der Waals surface area (Å²) >= 11 is 6.07. The number of nitrogens with zero attached hydrogens (tertiary/aromatic N) is 1. The van der Waals surface area contributed by atoms with Crippen molar-refractivity contribution in [1.82, 2.24) is 10.2 Å². The minimum atomic E-state index is -1.22. The largest absolute Gasteiger partial charge is 0.484 e. The zero-order valence-corrected chi connectivity index (χ0v) is 13.7. The van der Waals surface area contributed by atoms with Gasteiger partial charge in [0.1, 0.15) is 17.3 Å². The Hall–Kier alpha value is -2.54. The average Bonchev–Trinajstić information content (AvgIpc) is 2.55. The summed E-state index contributed by atoms with van der Waals surface area (Å²) in [5.41, 5.74) is -0.685. The molecule has 1 aromatic rings. The third kappa shape index (κ3) is 3.68. The van der Waals surface area contributed by atoms with Crippen LogP contribution in [0.3, 0.4) is 0 Å². The van der Waals surface area contributed by atoms with Crippen LogP contribution in [0.15, 0.2) is 42.5 Å². The molecule has 1 heterocycles. The Bertz CT molecular complexity index is 650.